The molecule has 0 saturated heterocycles. The van der Waals surface area contributed by atoms with Crippen molar-refractivity contribution in [3.63, 3.8) is 0 Å². The van der Waals surface area contributed by atoms with Gasteiger partial charge in [0.2, 0.25) is 0 Å². The lowest BCUT2D eigenvalue weighted by Gasteiger charge is -2.09. The summed E-state index contributed by atoms with van der Waals surface area (Å²) in [5.74, 6) is -3.05. The Bertz CT molecular complexity index is 983. The van der Waals surface area contributed by atoms with Crippen LogP contribution in [0.1, 0.15) is 36.6 Å². The third kappa shape index (κ3) is 2.63. The fraction of sp³-hybridized carbons (Fsp3) is 0. The van der Waals surface area contributed by atoms with E-state index in [0.29, 0.717) is 10.9 Å². The van der Waals surface area contributed by atoms with Crippen LogP contribution >= 0.6 is 0 Å². The molecule has 0 atom stereocenters. The third-order valence-electron chi connectivity index (χ3n) is 3.78. The minimum absolute atomic E-state index is 0.0381. The van der Waals surface area contributed by atoms with Gasteiger partial charge in [-0.1, -0.05) is 42.5 Å². The van der Waals surface area contributed by atoms with E-state index in [-0.39, 0.29) is 16.7 Å². The highest BCUT2D eigenvalue weighted by atomic mass is 16.4. The zero-order valence-corrected chi connectivity index (χ0v) is 12.4. The lowest BCUT2D eigenvalue weighted by molar-refractivity contribution is 0.0692. The van der Waals surface area contributed by atoms with Crippen LogP contribution in [-0.4, -0.2) is 27.9 Å². The molecule has 5 heteroatoms. The maximum Gasteiger partial charge on any atom is 0.336 e. The van der Waals surface area contributed by atoms with Crippen LogP contribution in [0, 0.1) is 0 Å². The van der Waals surface area contributed by atoms with E-state index >= 15 is 0 Å². The summed E-state index contributed by atoms with van der Waals surface area (Å²) in [6.45, 7) is 0. The van der Waals surface area contributed by atoms with Crippen molar-refractivity contribution in [1.82, 2.24) is 0 Å². The van der Waals surface area contributed by atoms with Crippen molar-refractivity contribution in [3.8, 4) is 0 Å². The van der Waals surface area contributed by atoms with Gasteiger partial charge in [0.1, 0.15) is 0 Å². The number of benzene rings is 3. The quantitative estimate of drug-likeness (QED) is 0.718. The first-order chi connectivity index (χ1) is 11.5. The molecular formula is C19H12O5. The smallest absolute Gasteiger partial charge is 0.336 e. The summed E-state index contributed by atoms with van der Waals surface area (Å²) in [6.07, 6.45) is 0. The van der Waals surface area contributed by atoms with Gasteiger partial charge in [0.15, 0.2) is 5.78 Å². The number of ketones is 1. The van der Waals surface area contributed by atoms with Crippen LogP contribution in [0.3, 0.4) is 0 Å². The zero-order valence-electron chi connectivity index (χ0n) is 12.4. The van der Waals surface area contributed by atoms with Crippen LogP contribution in [0.25, 0.3) is 10.8 Å². The summed E-state index contributed by atoms with van der Waals surface area (Å²) in [5.41, 5.74) is -0.169. The molecule has 0 amide bonds. The molecule has 0 aliphatic heterocycles. The Balaban J connectivity index is 2.19. The van der Waals surface area contributed by atoms with E-state index < -0.39 is 17.7 Å². The van der Waals surface area contributed by atoms with Crippen molar-refractivity contribution in [2.24, 2.45) is 0 Å². The molecule has 3 aromatic rings. The fourth-order valence-electron chi connectivity index (χ4n) is 2.62. The van der Waals surface area contributed by atoms with E-state index in [2.05, 4.69) is 0 Å². The molecule has 0 aliphatic rings. The number of carbonyl (C=O) groups excluding carboxylic acids is 1. The first-order valence-electron chi connectivity index (χ1n) is 7.12. The van der Waals surface area contributed by atoms with Crippen LogP contribution < -0.4 is 0 Å². The number of carbonyl (C=O) groups is 3. The summed E-state index contributed by atoms with van der Waals surface area (Å²) in [4.78, 5) is 35.3. The molecule has 3 rings (SSSR count). The van der Waals surface area contributed by atoms with E-state index in [1.54, 1.807) is 24.3 Å². The molecule has 0 aromatic heterocycles. The lowest BCUT2D eigenvalue weighted by Crippen LogP contribution is -2.12. The summed E-state index contributed by atoms with van der Waals surface area (Å²) >= 11 is 0. The van der Waals surface area contributed by atoms with Gasteiger partial charge in [-0.2, -0.15) is 0 Å². The van der Waals surface area contributed by atoms with Gasteiger partial charge >= 0.3 is 11.9 Å². The normalized spacial score (nSPS) is 10.5. The Morgan fingerprint density at radius 3 is 2.08 bits per heavy atom. The van der Waals surface area contributed by atoms with Gasteiger partial charge in [0, 0.05) is 11.1 Å². The molecule has 2 N–H and O–H groups in total. The number of hydrogen-bond donors (Lipinski definition) is 2. The molecule has 3 aromatic carbocycles. The molecule has 0 radical (unpaired) electrons. The molecule has 0 bridgehead atoms. The highest BCUT2D eigenvalue weighted by Crippen LogP contribution is 2.23. The maximum atomic E-state index is 12.9. The predicted molar refractivity (Wildman–Crippen MR) is 87.7 cm³/mol. The molecule has 0 aliphatic carbocycles. The van der Waals surface area contributed by atoms with Crippen molar-refractivity contribution in [1.29, 1.82) is 0 Å². The Morgan fingerprint density at radius 2 is 1.38 bits per heavy atom. The number of carboxylic acid groups (broad SMARTS) is 2. The van der Waals surface area contributed by atoms with Gasteiger partial charge in [-0.05, 0) is 29.0 Å². The van der Waals surface area contributed by atoms with Crippen LogP contribution in [0.4, 0.5) is 0 Å². The topological polar surface area (TPSA) is 91.7 Å². The van der Waals surface area contributed by atoms with Gasteiger partial charge in [0.25, 0.3) is 0 Å². The number of fused-ring (bicyclic) bond motifs is 1. The highest BCUT2D eigenvalue weighted by molar-refractivity contribution is 6.20. The second kappa shape index (κ2) is 5.96. The van der Waals surface area contributed by atoms with Gasteiger partial charge in [-0.25, -0.2) is 9.59 Å². The molecular weight excluding hydrogens is 308 g/mol. The predicted octanol–water partition coefficient (Wildman–Crippen LogP) is 3.47. The van der Waals surface area contributed by atoms with Gasteiger partial charge in [0.05, 0.1) is 11.1 Å². The average molecular weight is 320 g/mol. The second-order valence-corrected chi connectivity index (χ2v) is 5.23. The number of aromatic carboxylic acids is 2. The van der Waals surface area contributed by atoms with Crippen LogP contribution in [-0.2, 0) is 0 Å². The summed E-state index contributed by atoms with van der Waals surface area (Å²) < 4.78 is 0. The average Bonchev–Trinajstić information content (AvgIpc) is 2.60. The third-order valence-corrected chi connectivity index (χ3v) is 3.78. The summed E-state index contributed by atoms with van der Waals surface area (Å²) in [7, 11) is 0. The van der Waals surface area contributed by atoms with Crippen molar-refractivity contribution >= 4 is 28.5 Å². The van der Waals surface area contributed by atoms with E-state index in [9.17, 15) is 19.5 Å². The number of hydrogen-bond acceptors (Lipinski definition) is 3. The van der Waals surface area contributed by atoms with E-state index in [1.165, 1.54) is 12.1 Å². The zero-order chi connectivity index (χ0) is 17.3. The van der Waals surface area contributed by atoms with Crippen molar-refractivity contribution in [2.75, 3.05) is 0 Å². The van der Waals surface area contributed by atoms with Crippen molar-refractivity contribution < 1.29 is 24.6 Å². The van der Waals surface area contributed by atoms with Crippen LogP contribution in [0.5, 0.6) is 0 Å². The van der Waals surface area contributed by atoms with Crippen LogP contribution in [0.15, 0.2) is 60.7 Å². The summed E-state index contributed by atoms with van der Waals surface area (Å²) in [5, 5.41) is 19.9. The molecule has 0 fully saturated rings. The SMILES string of the molecule is O=C(O)c1ccc(C(=O)c2cccc3ccccc23)c(C(=O)O)c1. The Morgan fingerprint density at radius 1 is 0.667 bits per heavy atom. The summed E-state index contributed by atoms with van der Waals surface area (Å²) in [6, 6.07) is 16.0. The van der Waals surface area contributed by atoms with Crippen molar-refractivity contribution in [3.05, 3.63) is 82.9 Å². The monoisotopic (exact) mass is 320 g/mol. The largest absolute Gasteiger partial charge is 0.478 e. The van der Waals surface area contributed by atoms with Gasteiger partial charge < -0.3 is 10.2 Å². The maximum absolute atomic E-state index is 12.9. The minimum atomic E-state index is -1.35. The number of carboxylic acids is 2. The van der Waals surface area contributed by atoms with Gasteiger partial charge in [-0.15, -0.1) is 0 Å². The first kappa shape index (κ1) is 15.4. The lowest BCUT2D eigenvalue weighted by atomic mass is 9.93. The van der Waals surface area contributed by atoms with Crippen LogP contribution in [0.2, 0.25) is 0 Å². The molecule has 5 nitrogen and oxygen atoms in total. The second-order valence-electron chi connectivity index (χ2n) is 5.23. The molecule has 0 spiro atoms. The Hall–Kier alpha value is -3.47. The molecule has 0 saturated carbocycles. The van der Waals surface area contributed by atoms with E-state index in [0.717, 1.165) is 11.5 Å². The minimum Gasteiger partial charge on any atom is -0.478 e. The van der Waals surface area contributed by atoms with Crippen molar-refractivity contribution in [2.45, 2.75) is 0 Å². The molecule has 0 heterocycles. The molecule has 24 heavy (non-hydrogen) atoms. The standard InChI is InChI=1S/C19H12O5/c20-17(14-7-3-5-11-4-1-2-6-13(11)14)15-9-8-12(18(21)22)10-16(15)19(23)24/h1-10H,(H,21,22)(H,23,24). The Kier molecular flexibility index (Phi) is 3.83. The number of rotatable bonds is 4. The first-order valence-corrected chi connectivity index (χ1v) is 7.12. The fourth-order valence-corrected chi connectivity index (χ4v) is 2.62. The Labute approximate surface area is 136 Å². The van der Waals surface area contributed by atoms with E-state index in [1.807, 2.05) is 18.2 Å². The van der Waals surface area contributed by atoms with E-state index in [4.69, 9.17) is 5.11 Å². The highest BCUT2D eigenvalue weighted by Gasteiger charge is 2.21. The van der Waals surface area contributed by atoms with Gasteiger partial charge in [-0.3, -0.25) is 4.79 Å². The molecule has 118 valence electrons. The molecule has 0 unspecified atom stereocenters.